The van der Waals surface area contributed by atoms with Crippen molar-refractivity contribution in [3.05, 3.63) is 28.8 Å². The van der Waals surface area contributed by atoms with Crippen LogP contribution in [0.15, 0.2) is 12.1 Å². The number of aromatic hydroxyl groups is 1. The van der Waals surface area contributed by atoms with E-state index in [1.54, 1.807) is 0 Å². The predicted octanol–water partition coefficient (Wildman–Crippen LogP) is 2.42. The summed E-state index contributed by atoms with van der Waals surface area (Å²) in [5, 5.41) is 19.1. The number of hydrogen-bond acceptors (Lipinski definition) is 3. The molecule has 0 spiro atoms. The SMILES string of the molecule is Cc1cc(CN(C)CCO)cc(C(C)(C)C)c1O. The van der Waals surface area contributed by atoms with E-state index in [0.717, 1.165) is 17.7 Å². The number of nitrogens with zero attached hydrogens (tertiary/aromatic N) is 1. The fraction of sp³-hybridized carbons (Fsp3) is 0.600. The zero-order chi connectivity index (χ0) is 13.9. The quantitative estimate of drug-likeness (QED) is 0.863. The molecule has 3 nitrogen and oxygen atoms in total. The van der Waals surface area contributed by atoms with E-state index >= 15 is 0 Å². The third-order valence-electron chi connectivity index (χ3n) is 3.10. The summed E-state index contributed by atoms with van der Waals surface area (Å²) in [7, 11) is 1.98. The molecule has 0 atom stereocenters. The lowest BCUT2D eigenvalue weighted by molar-refractivity contribution is 0.217. The molecule has 0 amide bonds. The van der Waals surface area contributed by atoms with Gasteiger partial charge in [-0.05, 0) is 36.1 Å². The minimum absolute atomic E-state index is 0.0690. The molecule has 0 saturated heterocycles. The molecule has 0 bridgehead atoms. The Labute approximate surface area is 110 Å². The molecule has 0 aliphatic heterocycles. The molecule has 0 fully saturated rings. The van der Waals surface area contributed by atoms with Crippen molar-refractivity contribution in [3.63, 3.8) is 0 Å². The second kappa shape index (κ2) is 5.72. The minimum Gasteiger partial charge on any atom is -0.507 e. The van der Waals surface area contributed by atoms with E-state index in [-0.39, 0.29) is 12.0 Å². The lowest BCUT2D eigenvalue weighted by Gasteiger charge is -2.24. The molecular formula is C15H25NO2. The van der Waals surface area contributed by atoms with E-state index in [0.29, 0.717) is 12.3 Å². The molecule has 0 aromatic heterocycles. The van der Waals surface area contributed by atoms with Crippen LogP contribution in [0.3, 0.4) is 0 Å². The standard InChI is InChI=1S/C15H25NO2/c1-11-8-12(10-16(5)6-7-17)9-13(14(11)18)15(2,3)4/h8-9,17-18H,6-7,10H2,1-5H3. The van der Waals surface area contributed by atoms with E-state index < -0.39 is 0 Å². The highest BCUT2D eigenvalue weighted by Gasteiger charge is 2.20. The fourth-order valence-corrected chi connectivity index (χ4v) is 2.08. The second-order valence-electron chi connectivity index (χ2n) is 6.02. The smallest absolute Gasteiger partial charge is 0.122 e. The van der Waals surface area contributed by atoms with E-state index in [4.69, 9.17) is 5.11 Å². The van der Waals surface area contributed by atoms with E-state index in [1.807, 2.05) is 20.0 Å². The normalized spacial score (nSPS) is 12.2. The first kappa shape index (κ1) is 15.0. The maximum atomic E-state index is 10.1. The lowest BCUT2D eigenvalue weighted by atomic mass is 9.84. The van der Waals surface area contributed by atoms with Gasteiger partial charge in [-0.1, -0.05) is 32.9 Å². The van der Waals surface area contributed by atoms with Gasteiger partial charge >= 0.3 is 0 Å². The van der Waals surface area contributed by atoms with Crippen LogP contribution >= 0.6 is 0 Å². The Bertz CT molecular complexity index is 408. The molecule has 0 aliphatic carbocycles. The molecule has 1 aromatic rings. The number of phenolic OH excluding ortho intramolecular Hbond substituents is 1. The zero-order valence-corrected chi connectivity index (χ0v) is 12.1. The number of hydrogen-bond donors (Lipinski definition) is 2. The van der Waals surface area contributed by atoms with Gasteiger partial charge in [0.2, 0.25) is 0 Å². The first-order valence-electron chi connectivity index (χ1n) is 6.38. The Kier molecular flexibility index (Phi) is 4.77. The molecule has 102 valence electrons. The van der Waals surface area contributed by atoms with Crippen LogP contribution in [0, 0.1) is 6.92 Å². The molecule has 0 heterocycles. The van der Waals surface area contributed by atoms with Crippen molar-refractivity contribution in [3.8, 4) is 5.75 Å². The van der Waals surface area contributed by atoms with Gasteiger partial charge in [-0.25, -0.2) is 0 Å². The van der Waals surface area contributed by atoms with Crippen molar-refractivity contribution in [1.29, 1.82) is 0 Å². The highest BCUT2D eigenvalue weighted by Crippen LogP contribution is 2.34. The van der Waals surface area contributed by atoms with Crippen LogP contribution in [0.4, 0.5) is 0 Å². The summed E-state index contributed by atoms with van der Waals surface area (Å²) in [5.41, 5.74) is 3.00. The Hall–Kier alpha value is -1.06. The van der Waals surface area contributed by atoms with Crippen molar-refractivity contribution in [2.75, 3.05) is 20.2 Å². The maximum Gasteiger partial charge on any atom is 0.122 e. The summed E-state index contributed by atoms with van der Waals surface area (Å²) in [6.45, 7) is 9.84. The number of phenols is 1. The fourth-order valence-electron chi connectivity index (χ4n) is 2.08. The first-order valence-corrected chi connectivity index (χ1v) is 6.38. The highest BCUT2D eigenvalue weighted by molar-refractivity contribution is 5.46. The molecule has 0 saturated carbocycles. The van der Waals surface area contributed by atoms with Crippen LogP contribution in [0.1, 0.15) is 37.5 Å². The van der Waals surface area contributed by atoms with Gasteiger partial charge in [0, 0.05) is 13.1 Å². The summed E-state index contributed by atoms with van der Waals surface area (Å²) in [5.74, 6) is 0.399. The zero-order valence-electron chi connectivity index (χ0n) is 12.1. The molecule has 1 aromatic carbocycles. The number of benzene rings is 1. The number of likely N-dealkylation sites (N-methyl/N-ethyl adjacent to an activating group) is 1. The van der Waals surface area contributed by atoms with E-state index in [2.05, 4.69) is 31.7 Å². The van der Waals surface area contributed by atoms with Gasteiger partial charge in [-0.15, -0.1) is 0 Å². The van der Waals surface area contributed by atoms with Gasteiger partial charge in [0.1, 0.15) is 5.75 Å². The van der Waals surface area contributed by atoms with Gasteiger partial charge in [-0.2, -0.15) is 0 Å². The largest absolute Gasteiger partial charge is 0.507 e. The van der Waals surface area contributed by atoms with Crippen LogP contribution in [0.2, 0.25) is 0 Å². The molecule has 18 heavy (non-hydrogen) atoms. The number of aliphatic hydroxyl groups is 1. The summed E-state index contributed by atoms with van der Waals surface area (Å²) >= 11 is 0. The Morgan fingerprint density at radius 3 is 2.33 bits per heavy atom. The lowest BCUT2D eigenvalue weighted by Crippen LogP contribution is -2.22. The monoisotopic (exact) mass is 251 g/mol. The topological polar surface area (TPSA) is 43.7 Å². The molecule has 0 aliphatic rings. The minimum atomic E-state index is -0.0690. The maximum absolute atomic E-state index is 10.1. The van der Waals surface area contributed by atoms with Crippen molar-refractivity contribution in [2.45, 2.75) is 39.7 Å². The van der Waals surface area contributed by atoms with Gasteiger partial charge in [0.05, 0.1) is 6.61 Å². The summed E-state index contributed by atoms with van der Waals surface area (Å²) in [6.07, 6.45) is 0. The van der Waals surface area contributed by atoms with Crippen molar-refractivity contribution in [2.24, 2.45) is 0 Å². The van der Waals surface area contributed by atoms with Crippen molar-refractivity contribution >= 4 is 0 Å². The van der Waals surface area contributed by atoms with Gasteiger partial charge < -0.3 is 10.2 Å². The molecule has 0 unspecified atom stereocenters. The van der Waals surface area contributed by atoms with Gasteiger partial charge in [-0.3, -0.25) is 4.90 Å². The van der Waals surface area contributed by atoms with Crippen LogP contribution < -0.4 is 0 Å². The summed E-state index contributed by atoms with van der Waals surface area (Å²) in [6, 6.07) is 4.08. The third kappa shape index (κ3) is 3.72. The summed E-state index contributed by atoms with van der Waals surface area (Å²) in [4.78, 5) is 2.07. The average molecular weight is 251 g/mol. The van der Waals surface area contributed by atoms with Gasteiger partial charge in [0.25, 0.3) is 0 Å². The molecule has 3 heteroatoms. The van der Waals surface area contributed by atoms with Crippen molar-refractivity contribution < 1.29 is 10.2 Å². The number of rotatable bonds is 4. The Balaban J connectivity index is 3.05. The molecule has 0 radical (unpaired) electrons. The number of aryl methyl sites for hydroxylation is 1. The van der Waals surface area contributed by atoms with Crippen LogP contribution in [0.25, 0.3) is 0 Å². The predicted molar refractivity (Wildman–Crippen MR) is 75.0 cm³/mol. The summed E-state index contributed by atoms with van der Waals surface area (Å²) < 4.78 is 0. The van der Waals surface area contributed by atoms with Crippen LogP contribution in [-0.2, 0) is 12.0 Å². The van der Waals surface area contributed by atoms with Crippen LogP contribution in [0.5, 0.6) is 5.75 Å². The van der Waals surface area contributed by atoms with E-state index in [9.17, 15) is 5.11 Å². The first-order chi connectivity index (χ1) is 8.25. The van der Waals surface area contributed by atoms with Crippen LogP contribution in [-0.4, -0.2) is 35.3 Å². The highest BCUT2D eigenvalue weighted by atomic mass is 16.3. The average Bonchev–Trinajstić information content (AvgIpc) is 2.21. The molecule has 1 rings (SSSR count). The van der Waals surface area contributed by atoms with Gasteiger partial charge in [0.15, 0.2) is 0 Å². The van der Waals surface area contributed by atoms with Crippen molar-refractivity contribution in [1.82, 2.24) is 4.90 Å². The molecule has 2 N–H and O–H groups in total. The second-order valence-corrected chi connectivity index (χ2v) is 6.02. The van der Waals surface area contributed by atoms with E-state index in [1.165, 1.54) is 5.56 Å². The third-order valence-corrected chi connectivity index (χ3v) is 3.10. The number of aliphatic hydroxyl groups excluding tert-OH is 1. The Morgan fingerprint density at radius 2 is 1.83 bits per heavy atom. The molecular weight excluding hydrogens is 226 g/mol. The Morgan fingerprint density at radius 1 is 1.22 bits per heavy atom.